The summed E-state index contributed by atoms with van der Waals surface area (Å²) in [6, 6.07) is 8.27. The number of methoxy groups -OCH3 is 2. The third kappa shape index (κ3) is 2.98. The summed E-state index contributed by atoms with van der Waals surface area (Å²) >= 11 is 6.65. The second-order valence-electron chi connectivity index (χ2n) is 5.34. The van der Waals surface area contributed by atoms with Crippen LogP contribution in [0.3, 0.4) is 0 Å². The largest absolute Gasteiger partial charge is 0.507 e. The van der Waals surface area contributed by atoms with Gasteiger partial charge in [0.05, 0.1) is 23.2 Å². The van der Waals surface area contributed by atoms with E-state index in [0.29, 0.717) is 25.5 Å². The molecule has 3 rings (SSSR count). The smallest absolute Gasteiger partial charge is 0.200 e. The maximum Gasteiger partial charge on any atom is 0.200 e. The van der Waals surface area contributed by atoms with Crippen LogP contribution >= 0.6 is 31.9 Å². The van der Waals surface area contributed by atoms with E-state index in [9.17, 15) is 15.3 Å². The van der Waals surface area contributed by atoms with Gasteiger partial charge in [-0.2, -0.15) is 0 Å². The summed E-state index contributed by atoms with van der Waals surface area (Å²) in [5.41, 5.74) is 1.04. The summed E-state index contributed by atoms with van der Waals surface area (Å²) in [6.45, 7) is 0. The Labute approximate surface area is 160 Å². The first kappa shape index (κ1) is 17.7. The van der Waals surface area contributed by atoms with Crippen molar-refractivity contribution in [1.29, 1.82) is 0 Å². The normalized spacial score (nSPS) is 10.9. The average molecular weight is 470 g/mol. The number of hydrogen-bond donors (Lipinski definition) is 3. The summed E-state index contributed by atoms with van der Waals surface area (Å²) < 4.78 is 11.4. The monoisotopic (exact) mass is 468 g/mol. The number of phenolic OH excluding ortho intramolecular Hbond substituents is 3. The van der Waals surface area contributed by atoms with E-state index in [1.165, 1.54) is 14.2 Å². The van der Waals surface area contributed by atoms with Gasteiger partial charge in [-0.05, 0) is 78.5 Å². The zero-order chi connectivity index (χ0) is 18.3. The van der Waals surface area contributed by atoms with E-state index >= 15 is 0 Å². The SMILES string of the molecule is COc1cc(-c2c(O)c(Br)cc3cc(Br)c(O)cc23)cc(OC)c1O. The molecule has 0 amide bonds. The molecule has 0 spiro atoms. The lowest BCUT2D eigenvalue weighted by molar-refractivity contribution is 0.340. The van der Waals surface area contributed by atoms with Crippen molar-refractivity contribution in [1.82, 2.24) is 0 Å². The van der Waals surface area contributed by atoms with Gasteiger partial charge in [0.2, 0.25) is 5.75 Å². The minimum Gasteiger partial charge on any atom is -0.507 e. The highest BCUT2D eigenvalue weighted by atomic mass is 79.9. The van der Waals surface area contributed by atoms with Crippen LogP contribution in [0.4, 0.5) is 0 Å². The fourth-order valence-electron chi connectivity index (χ4n) is 2.70. The maximum atomic E-state index is 10.6. The number of halogens is 2. The minimum absolute atomic E-state index is 0.00372. The van der Waals surface area contributed by atoms with Gasteiger partial charge in [-0.3, -0.25) is 0 Å². The Balaban J connectivity index is 2.43. The molecule has 130 valence electrons. The van der Waals surface area contributed by atoms with Crippen LogP contribution in [0.2, 0.25) is 0 Å². The van der Waals surface area contributed by atoms with Crippen LogP contribution in [0.15, 0.2) is 39.3 Å². The molecule has 0 aliphatic rings. The average Bonchev–Trinajstić information content (AvgIpc) is 2.59. The van der Waals surface area contributed by atoms with Crippen LogP contribution in [0.1, 0.15) is 0 Å². The molecule has 0 saturated carbocycles. The van der Waals surface area contributed by atoms with Gasteiger partial charge in [-0.15, -0.1) is 0 Å². The number of benzene rings is 3. The molecule has 0 aliphatic heterocycles. The zero-order valence-electron chi connectivity index (χ0n) is 13.3. The molecule has 25 heavy (non-hydrogen) atoms. The molecule has 0 atom stereocenters. The van der Waals surface area contributed by atoms with Crippen LogP contribution in [0.25, 0.3) is 21.9 Å². The van der Waals surface area contributed by atoms with Crippen LogP contribution in [0, 0.1) is 0 Å². The van der Waals surface area contributed by atoms with E-state index in [2.05, 4.69) is 31.9 Å². The molecule has 3 N–H and O–H groups in total. The van der Waals surface area contributed by atoms with E-state index in [1.807, 2.05) is 0 Å². The first-order valence-electron chi connectivity index (χ1n) is 7.16. The van der Waals surface area contributed by atoms with E-state index < -0.39 is 0 Å². The fourth-order valence-corrected chi connectivity index (χ4v) is 3.50. The molecule has 3 aromatic carbocycles. The lowest BCUT2D eigenvalue weighted by atomic mass is 9.96. The van der Waals surface area contributed by atoms with Gasteiger partial charge in [0.15, 0.2) is 11.5 Å². The Morgan fingerprint density at radius 3 is 1.88 bits per heavy atom. The van der Waals surface area contributed by atoms with Crippen molar-refractivity contribution in [2.24, 2.45) is 0 Å². The molecule has 0 saturated heterocycles. The predicted molar refractivity (Wildman–Crippen MR) is 103 cm³/mol. The number of aromatic hydroxyl groups is 3. The van der Waals surface area contributed by atoms with Crippen molar-refractivity contribution >= 4 is 42.6 Å². The van der Waals surface area contributed by atoms with E-state index in [0.717, 1.165) is 5.39 Å². The molecule has 0 heterocycles. The Morgan fingerprint density at radius 2 is 1.32 bits per heavy atom. The second kappa shape index (κ2) is 6.65. The van der Waals surface area contributed by atoms with Gasteiger partial charge in [-0.1, -0.05) is 0 Å². The highest BCUT2D eigenvalue weighted by Crippen LogP contribution is 2.48. The van der Waals surface area contributed by atoms with Gasteiger partial charge in [0.25, 0.3) is 0 Å². The van der Waals surface area contributed by atoms with Crippen LogP contribution in [-0.4, -0.2) is 29.5 Å². The van der Waals surface area contributed by atoms with Crippen LogP contribution in [0.5, 0.6) is 28.7 Å². The number of fused-ring (bicyclic) bond motifs is 1. The maximum absolute atomic E-state index is 10.6. The zero-order valence-corrected chi connectivity index (χ0v) is 16.5. The Morgan fingerprint density at radius 1 is 0.760 bits per heavy atom. The van der Waals surface area contributed by atoms with Crippen molar-refractivity contribution in [3.8, 4) is 39.9 Å². The number of rotatable bonds is 3. The summed E-state index contributed by atoms with van der Waals surface area (Å²) in [5.74, 6) is 0.349. The third-order valence-corrected chi connectivity index (χ3v) is 5.14. The van der Waals surface area contributed by atoms with Crippen molar-refractivity contribution in [2.45, 2.75) is 0 Å². The molecule has 3 aromatic rings. The topological polar surface area (TPSA) is 79.2 Å². The van der Waals surface area contributed by atoms with Gasteiger partial charge >= 0.3 is 0 Å². The summed E-state index contributed by atoms with van der Waals surface area (Å²) in [5, 5.41) is 32.2. The molecular formula is C18H14Br2O5. The molecular weight excluding hydrogens is 456 g/mol. The van der Waals surface area contributed by atoms with Crippen molar-refractivity contribution < 1.29 is 24.8 Å². The van der Waals surface area contributed by atoms with E-state index in [1.54, 1.807) is 30.3 Å². The first-order valence-corrected chi connectivity index (χ1v) is 8.75. The summed E-state index contributed by atoms with van der Waals surface area (Å²) in [6.07, 6.45) is 0. The Kier molecular flexibility index (Phi) is 4.71. The molecule has 0 aromatic heterocycles. The highest BCUT2D eigenvalue weighted by Gasteiger charge is 2.19. The van der Waals surface area contributed by atoms with Gasteiger partial charge in [-0.25, -0.2) is 0 Å². The second-order valence-corrected chi connectivity index (χ2v) is 7.04. The lowest BCUT2D eigenvalue weighted by Crippen LogP contribution is -1.92. The number of hydrogen-bond acceptors (Lipinski definition) is 5. The summed E-state index contributed by atoms with van der Waals surface area (Å²) in [4.78, 5) is 0. The van der Waals surface area contributed by atoms with Gasteiger partial charge in [0.1, 0.15) is 11.5 Å². The van der Waals surface area contributed by atoms with Crippen molar-refractivity contribution in [3.05, 3.63) is 39.3 Å². The van der Waals surface area contributed by atoms with Crippen molar-refractivity contribution in [3.63, 3.8) is 0 Å². The minimum atomic E-state index is -0.127. The number of phenols is 3. The van der Waals surface area contributed by atoms with E-state index in [4.69, 9.17) is 9.47 Å². The number of ether oxygens (including phenoxy) is 2. The van der Waals surface area contributed by atoms with Gasteiger partial charge < -0.3 is 24.8 Å². The Hall–Kier alpha value is -2.12. The lowest BCUT2D eigenvalue weighted by Gasteiger charge is -2.15. The van der Waals surface area contributed by atoms with Gasteiger partial charge in [0, 0.05) is 5.56 Å². The quantitative estimate of drug-likeness (QED) is 0.493. The molecule has 0 aliphatic carbocycles. The highest BCUT2D eigenvalue weighted by molar-refractivity contribution is 9.11. The van der Waals surface area contributed by atoms with Crippen LogP contribution in [-0.2, 0) is 0 Å². The predicted octanol–water partition coefficient (Wildman–Crippen LogP) is 5.17. The third-order valence-electron chi connectivity index (χ3n) is 3.90. The van der Waals surface area contributed by atoms with E-state index in [-0.39, 0.29) is 28.7 Å². The van der Waals surface area contributed by atoms with Crippen LogP contribution < -0.4 is 9.47 Å². The Bertz CT molecular complexity index is 955. The first-order chi connectivity index (χ1) is 11.9. The molecule has 0 unspecified atom stereocenters. The molecule has 5 nitrogen and oxygen atoms in total. The molecule has 0 fully saturated rings. The standard InChI is InChI=1S/C18H14Br2O5/c1-24-14-5-9(6-15(25-2)18(14)23)16-10-7-13(21)11(19)3-8(10)4-12(20)17(16)22/h3-7,21-23H,1-2H3. The fraction of sp³-hybridized carbons (Fsp3) is 0.111. The molecule has 0 radical (unpaired) electrons. The summed E-state index contributed by atoms with van der Waals surface area (Å²) in [7, 11) is 2.86. The molecule has 0 bridgehead atoms. The molecule has 7 heteroatoms. The van der Waals surface area contributed by atoms with Crippen molar-refractivity contribution in [2.75, 3.05) is 14.2 Å².